The summed E-state index contributed by atoms with van der Waals surface area (Å²) in [5.41, 5.74) is 0.743. The van der Waals surface area contributed by atoms with Crippen molar-refractivity contribution in [2.24, 2.45) is 0 Å². The first kappa shape index (κ1) is 10.1. The Bertz CT molecular complexity index is 533. The van der Waals surface area contributed by atoms with E-state index in [1.807, 2.05) is 41.4 Å². The Balaban J connectivity index is 1.81. The molecule has 4 heteroatoms. The lowest BCUT2D eigenvalue weighted by Crippen LogP contribution is -2.38. The predicted octanol–water partition coefficient (Wildman–Crippen LogP) is 1.54. The Labute approximate surface area is 99.5 Å². The maximum Gasteiger partial charge on any atom is 0.254 e. The molecular formula is C13H13N3O. The summed E-state index contributed by atoms with van der Waals surface area (Å²) in [4.78, 5) is 18.3. The van der Waals surface area contributed by atoms with Crippen molar-refractivity contribution >= 4 is 5.91 Å². The summed E-state index contributed by atoms with van der Waals surface area (Å²) in [7, 11) is 0. The highest BCUT2D eigenvalue weighted by molar-refractivity contribution is 5.94. The van der Waals surface area contributed by atoms with Crippen LogP contribution in [0.25, 0.3) is 0 Å². The maximum atomic E-state index is 12.2. The van der Waals surface area contributed by atoms with E-state index in [2.05, 4.69) is 9.55 Å². The summed E-state index contributed by atoms with van der Waals surface area (Å²) in [6, 6.07) is 9.39. The van der Waals surface area contributed by atoms with Crippen LogP contribution in [0.4, 0.5) is 0 Å². The minimum Gasteiger partial charge on any atom is -0.332 e. The molecule has 0 atom stereocenters. The van der Waals surface area contributed by atoms with E-state index in [0.717, 1.165) is 24.5 Å². The molecule has 3 rings (SSSR count). The van der Waals surface area contributed by atoms with Crippen molar-refractivity contribution < 1.29 is 4.79 Å². The molecule has 2 aromatic rings. The molecule has 0 aliphatic carbocycles. The number of carbonyl (C=O) groups is 1. The van der Waals surface area contributed by atoms with E-state index in [4.69, 9.17) is 0 Å². The fraction of sp³-hybridized carbons (Fsp3) is 0.231. The van der Waals surface area contributed by atoms with Gasteiger partial charge >= 0.3 is 0 Å². The molecule has 17 heavy (non-hydrogen) atoms. The zero-order valence-corrected chi connectivity index (χ0v) is 9.41. The lowest BCUT2D eigenvalue weighted by atomic mass is 10.2. The number of hydrogen-bond donors (Lipinski definition) is 0. The minimum atomic E-state index is 0.0832. The molecule has 0 fully saturated rings. The van der Waals surface area contributed by atoms with Crippen LogP contribution in [0.15, 0.2) is 42.7 Å². The summed E-state index contributed by atoms with van der Waals surface area (Å²) in [6.45, 7) is 2.17. The smallest absolute Gasteiger partial charge is 0.254 e. The van der Waals surface area contributed by atoms with Crippen LogP contribution >= 0.6 is 0 Å². The Hall–Kier alpha value is -2.10. The molecule has 0 unspecified atom stereocenters. The maximum absolute atomic E-state index is 12.2. The average Bonchev–Trinajstić information content (AvgIpc) is 2.86. The highest BCUT2D eigenvalue weighted by atomic mass is 16.2. The monoisotopic (exact) mass is 227 g/mol. The number of rotatable bonds is 1. The molecule has 1 aliphatic rings. The van der Waals surface area contributed by atoms with E-state index >= 15 is 0 Å². The fourth-order valence-electron chi connectivity index (χ4n) is 2.11. The highest BCUT2D eigenvalue weighted by Crippen LogP contribution is 2.13. The number of aromatic nitrogens is 2. The molecule has 0 radical (unpaired) electrons. The molecule has 0 saturated carbocycles. The molecule has 0 spiro atoms. The SMILES string of the molecule is O=C(c1ccccc1)N1CCn2ccnc2C1. The van der Waals surface area contributed by atoms with Crippen LogP contribution in [0.5, 0.6) is 0 Å². The van der Waals surface area contributed by atoms with Gasteiger partial charge in [-0.2, -0.15) is 0 Å². The number of amides is 1. The van der Waals surface area contributed by atoms with Crippen molar-refractivity contribution in [3.63, 3.8) is 0 Å². The van der Waals surface area contributed by atoms with Crippen LogP contribution in [0, 0.1) is 0 Å². The zero-order valence-electron chi connectivity index (χ0n) is 9.41. The third-order valence-corrected chi connectivity index (χ3v) is 3.05. The first-order valence-electron chi connectivity index (χ1n) is 5.69. The predicted molar refractivity (Wildman–Crippen MR) is 63.4 cm³/mol. The second kappa shape index (κ2) is 4.05. The van der Waals surface area contributed by atoms with Crippen molar-refractivity contribution in [3.8, 4) is 0 Å². The van der Waals surface area contributed by atoms with Gasteiger partial charge in [0.25, 0.3) is 5.91 Å². The molecule has 2 heterocycles. The second-order valence-electron chi connectivity index (χ2n) is 4.13. The Morgan fingerprint density at radius 2 is 2.00 bits per heavy atom. The van der Waals surface area contributed by atoms with Crippen molar-refractivity contribution in [2.75, 3.05) is 6.54 Å². The number of nitrogens with zero attached hydrogens (tertiary/aromatic N) is 3. The van der Waals surface area contributed by atoms with Gasteiger partial charge in [-0.05, 0) is 12.1 Å². The van der Waals surface area contributed by atoms with Crippen LogP contribution in [-0.2, 0) is 13.1 Å². The third-order valence-electron chi connectivity index (χ3n) is 3.05. The molecule has 0 bridgehead atoms. The molecule has 86 valence electrons. The van der Waals surface area contributed by atoms with E-state index < -0.39 is 0 Å². The van der Waals surface area contributed by atoms with E-state index in [9.17, 15) is 4.79 Å². The van der Waals surface area contributed by atoms with Crippen LogP contribution < -0.4 is 0 Å². The van der Waals surface area contributed by atoms with Gasteiger partial charge in [-0.15, -0.1) is 0 Å². The largest absolute Gasteiger partial charge is 0.332 e. The van der Waals surface area contributed by atoms with Crippen LogP contribution in [0.3, 0.4) is 0 Å². The van der Waals surface area contributed by atoms with Crippen LogP contribution in [-0.4, -0.2) is 26.9 Å². The summed E-state index contributed by atoms with van der Waals surface area (Å²) < 4.78 is 2.09. The number of fused-ring (bicyclic) bond motifs is 1. The summed E-state index contributed by atoms with van der Waals surface area (Å²) >= 11 is 0. The minimum absolute atomic E-state index is 0.0832. The van der Waals surface area contributed by atoms with E-state index in [0.29, 0.717) is 6.54 Å². The molecule has 0 N–H and O–H groups in total. The Kier molecular flexibility index (Phi) is 2.40. The van der Waals surface area contributed by atoms with Gasteiger partial charge in [0.2, 0.25) is 0 Å². The lowest BCUT2D eigenvalue weighted by molar-refractivity contribution is 0.0707. The van der Waals surface area contributed by atoms with Crippen molar-refractivity contribution in [1.29, 1.82) is 0 Å². The summed E-state index contributed by atoms with van der Waals surface area (Å²) in [5, 5.41) is 0. The molecule has 1 aliphatic heterocycles. The van der Waals surface area contributed by atoms with Crippen molar-refractivity contribution in [2.45, 2.75) is 13.1 Å². The van der Waals surface area contributed by atoms with Gasteiger partial charge in [0.05, 0.1) is 6.54 Å². The first-order valence-corrected chi connectivity index (χ1v) is 5.69. The van der Waals surface area contributed by atoms with E-state index in [1.165, 1.54) is 0 Å². The van der Waals surface area contributed by atoms with Gasteiger partial charge in [0.1, 0.15) is 5.82 Å². The molecular weight excluding hydrogens is 214 g/mol. The van der Waals surface area contributed by atoms with Gasteiger partial charge in [-0.3, -0.25) is 4.79 Å². The zero-order chi connectivity index (χ0) is 11.7. The van der Waals surface area contributed by atoms with Crippen LogP contribution in [0.2, 0.25) is 0 Å². The van der Waals surface area contributed by atoms with Gasteiger partial charge < -0.3 is 9.47 Å². The highest BCUT2D eigenvalue weighted by Gasteiger charge is 2.21. The van der Waals surface area contributed by atoms with E-state index in [-0.39, 0.29) is 5.91 Å². The van der Waals surface area contributed by atoms with E-state index in [1.54, 1.807) is 6.20 Å². The van der Waals surface area contributed by atoms with Crippen LogP contribution in [0.1, 0.15) is 16.2 Å². The lowest BCUT2D eigenvalue weighted by Gasteiger charge is -2.27. The molecule has 1 aromatic heterocycles. The summed E-state index contributed by atoms with van der Waals surface area (Å²) in [5.74, 6) is 1.04. The first-order chi connectivity index (χ1) is 8.34. The standard InChI is InChI=1S/C13H13N3O/c17-13(11-4-2-1-3-5-11)16-9-8-15-7-6-14-12(15)10-16/h1-7H,8-10H2. The van der Waals surface area contributed by atoms with Gasteiger partial charge in [0, 0.05) is 31.0 Å². The third kappa shape index (κ3) is 1.82. The van der Waals surface area contributed by atoms with Gasteiger partial charge in [-0.25, -0.2) is 4.98 Å². The topological polar surface area (TPSA) is 38.1 Å². The fourth-order valence-corrected chi connectivity index (χ4v) is 2.11. The van der Waals surface area contributed by atoms with Gasteiger partial charge in [0.15, 0.2) is 0 Å². The summed E-state index contributed by atoms with van der Waals surface area (Å²) in [6.07, 6.45) is 3.74. The van der Waals surface area contributed by atoms with Gasteiger partial charge in [-0.1, -0.05) is 18.2 Å². The molecule has 1 aromatic carbocycles. The average molecular weight is 227 g/mol. The second-order valence-corrected chi connectivity index (χ2v) is 4.13. The molecule has 1 amide bonds. The number of imidazole rings is 1. The quantitative estimate of drug-likeness (QED) is 0.741. The normalized spacial score (nSPS) is 14.5. The number of carbonyl (C=O) groups excluding carboxylic acids is 1. The van der Waals surface area contributed by atoms with Crippen molar-refractivity contribution in [3.05, 3.63) is 54.1 Å². The Morgan fingerprint density at radius 1 is 1.18 bits per heavy atom. The number of hydrogen-bond acceptors (Lipinski definition) is 2. The Morgan fingerprint density at radius 3 is 2.82 bits per heavy atom. The van der Waals surface area contributed by atoms with Crippen molar-refractivity contribution in [1.82, 2.24) is 14.5 Å². The molecule has 4 nitrogen and oxygen atoms in total. The molecule has 0 saturated heterocycles. The number of benzene rings is 1.